The van der Waals surface area contributed by atoms with Crippen molar-refractivity contribution in [3.63, 3.8) is 0 Å². The third-order valence-corrected chi connectivity index (χ3v) is 7.53. The Bertz CT molecular complexity index is 1650. The number of nitrogens with zero attached hydrogens (tertiary/aromatic N) is 5. The number of aromatic nitrogens is 4. The Hall–Kier alpha value is -4.12. The zero-order valence-electron chi connectivity index (χ0n) is 21.4. The van der Waals surface area contributed by atoms with E-state index in [1.807, 2.05) is 12.1 Å². The van der Waals surface area contributed by atoms with Crippen LogP contribution < -0.4 is 10.3 Å². The van der Waals surface area contributed by atoms with Crippen molar-refractivity contribution in [3.8, 4) is 16.9 Å². The Morgan fingerprint density at radius 3 is 2.62 bits per heavy atom. The van der Waals surface area contributed by atoms with Crippen LogP contribution in [0.3, 0.4) is 0 Å². The van der Waals surface area contributed by atoms with Gasteiger partial charge in [0.25, 0.3) is 12.0 Å². The van der Waals surface area contributed by atoms with Gasteiger partial charge in [-0.05, 0) is 36.8 Å². The summed E-state index contributed by atoms with van der Waals surface area (Å²) in [5, 5.41) is 0.948. The lowest BCUT2D eigenvalue weighted by atomic mass is 10.00. The van der Waals surface area contributed by atoms with Gasteiger partial charge in [0.05, 0.1) is 23.5 Å². The standard InChI is InChI=1S/C28H24ClF2N5O4/c1-15-34-23-9-21(17-11-32-26(25(30)31)33-12-17)24(40-20-6-7-35-19(8-20)14-39-28(35)38)10-22(23)27(37)36(15)13-16-2-4-18(29)5-3-16/h2-5,9-12,19-20,25H,6-8,13-14H2,1H3/t19-,20-/m0/s1. The molecule has 0 aliphatic carbocycles. The molecule has 0 N–H and O–H groups in total. The van der Waals surface area contributed by atoms with Crippen molar-refractivity contribution in [1.82, 2.24) is 24.4 Å². The molecule has 2 aromatic heterocycles. The average molecular weight is 568 g/mol. The number of amides is 1. The molecule has 2 aromatic carbocycles. The van der Waals surface area contributed by atoms with Crippen LogP contribution in [0.1, 0.15) is 36.5 Å². The largest absolute Gasteiger partial charge is 0.490 e. The zero-order chi connectivity index (χ0) is 28.0. The minimum absolute atomic E-state index is 0.0928. The highest BCUT2D eigenvalue weighted by atomic mass is 35.5. The molecule has 12 heteroatoms. The van der Waals surface area contributed by atoms with Crippen LogP contribution in [0.2, 0.25) is 5.02 Å². The normalized spacial score (nSPS) is 18.7. The first kappa shape index (κ1) is 26.1. The number of hydrogen-bond acceptors (Lipinski definition) is 7. The van der Waals surface area contributed by atoms with Gasteiger partial charge in [-0.2, -0.15) is 0 Å². The molecule has 4 aromatic rings. The molecule has 6 rings (SSSR count). The predicted octanol–water partition coefficient (Wildman–Crippen LogP) is 5.16. The van der Waals surface area contributed by atoms with Crippen molar-refractivity contribution >= 4 is 28.6 Å². The summed E-state index contributed by atoms with van der Waals surface area (Å²) in [6.07, 6.45) is 0.350. The molecule has 206 valence electrons. The molecule has 1 amide bonds. The summed E-state index contributed by atoms with van der Waals surface area (Å²) < 4.78 is 39.4. The number of halogens is 3. The Balaban J connectivity index is 1.41. The van der Waals surface area contributed by atoms with E-state index in [0.717, 1.165) is 5.56 Å². The highest BCUT2D eigenvalue weighted by Crippen LogP contribution is 2.36. The number of ether oxygens (including phenoxy) is 2. The Kier molecular flexibility index (Phi) is 6.83. The molecule has 4 heterocycles. The van der Waals surface area contributed by atoms with E-state index in [-0.39, 0.29) is 23.8 Å². The van der Waals surface area contributed by atoms with Crippen molar-refractivity contribution in [2.75, 3.05) is 13.2 Å². The molecule has 2 fully saturated rings. The highest BCUT2D eigenvalue weighted by molar-refractivity contribution is 6.30. The first-order valence-corrected chi connectivity index (χ1v) is 13.1. The summed E-state index contributed by atoms with van der Waals surface area (Å²) in [6.45, 7) is 2.84. The second-order valence-electron chi connectivity index (χ2n) is 9.86. The second kappa shape index (κ2) is 10.5. The van der Waals surface area contributed by atoms with Crippen LogP contribution in [-0.2, 0) is 11.3 Å². The van der Waals surface area contributed by atoms with E-state index in [9.17, 15) is 18.4 Å². The summed E-state index contributed by atoms with van der Waals surface area (Å²) in [6, 6.07) is 10.5. The lowest BCUT2D eigenvalue weighted by Crippen LogP contribution is -2.44. The van der Waals surface area contributed by atoms with Gasteiger partial charge in [0.15, 0.2) is 5.82 Å². The Morgan fingerprint density at radius 2 is 1.90 bits per heavy atom. The molecule has 0 bridgehead atoms. The number of alkyl halides is 2. The molecule has 0 radical (unpaired) electrons. The van der Waals surface area contributed by atoms with Crippen LogP contribution in [0, 0.1) is 6.92 Å². The third kappa shape index (κ3) is 4.97. The number of aryl methyl sites for hydroxylation is 1. The molecule has 0 unspecified atom stereocenters. The molecule has 40 heavy (non-hydrogen) atoms. The van der Waals surface area contributed by atoms with Gasteiger partial charge in [0.2, 0.25) is 0 Å². The van der Waals surface area contributed by atoms with Crippen molar-refractivity contribution in [3.05, 3.63) is 81.4 Å². The molecule has 0 spiro atoms. The second-order valence-corrected chi connectivity index (χ2v) is 10.3. The van der Waals surface area contributed by atoms with Gasteiger partial charge in [0.1, 0.15) is 24.3 Å². The quantitative estimate of drug-likeness (QED) is 0.317. The van der Waals surface area contributed by atoms with Crippen LogP contribution in [-0.4, -0.2) is 55.8 Å². The first-order valence-electron chi connectivity index (χ1n) is 12.8. The molecular weight excluding hydrogens is 544 g/mol. The lowest BCUT2D eigenvalue weighted by molar-refractivity contribution is 0.0941. The van der Waals surface area contributed by atoms with E-state index in [0.29, 0.717) is 71.2 Å². The fourth-order valence-electron chi connectivity index (χ4n) is 5.18. The molecular formula is C28H24ClF2N5O4. The van der Waals surface area contributed by atoms with Crippen molar-refractivity contribution in [2.45, 2.75) is 44.9 Å². The van der Waals surface area contributed by atoms with Crippen LogP contribution in [0.15, 0.2) is 53.6 Å². The fraction of sp³-hybridized carbons (Fsp3) is 0.321. The summed E-state index contributed by atoms with van der Waals surface area (Å²) >= 11 is 6.01. The van der Waals surface area contributed by atoms with Gasteiger partial charge in [-0.25, -0.2) is 28.5 Å². The number of benzene rings is 2. The Labute approximate surface area is 232 Å². The monoisotopic (exact) mass is 567 g/mol. The maximum Gasteiger partial charge on any atom is 0.410 e. The highest BCUT2D eigenvalue weighted by Gasteiger charge is 2.39. The zero-order valence-corrected chi connectivity index (χ0v) is 22.1. The fourth-order valence-corrected chi connectivity index (χ4v) is 5.31. The molecule has 2 aliphatic rings. The SMILES string of the molecule is Cc1nc2cc(-c3cnc(C(F)F)nc3)c(O[C@H]3CCN4C(=O)OC[C@@H]4C3)cc2c(=O)n1Cc1ccc(Cl)cc1. The van der Waals surface area contributed by atoms with E-state index in [1.165, 1.54) is 12.4 Å². The predicted molar refractivity (Wildman–Crippen MR) is 143 cm³/mol. The molecule has 2 saturated heterocycles. The van der Waals surface area contributed by atoms with E-state index >= 15 is 0 Å². The average Bonchev–Trinajstić information content (AvgIpc) is 3.32. The number of carbonyl (C=O) groups excluding carboxylic acids is 1. The minimum Gasteiger partial charge on any atom is -0.490 e. The van der Waals surface area contributed by atoms with Gasteiger partial charge in [0, 0.05) is 47.9 Å². The van der Waals surface area contributed by atoms with E-state index in [4.69, 9.17) is 21.1 Å². The molecule has 2 aliphatic heterocycles. The maximum absolute atomic E-state index is 13.7. The van der Waals surface area contributed by atoms with Gasteiger partial charge in [-0.15, -0.1) is 0 Å². The van der Waals surface area contributed by atoms with Gasteiger partial charge < -0.3 is 14.4 Å². The molecule has 9 nitrogen and oxygen atoms in total. The van der Waals surface area contributed by atoms with E-state index in [1.54, 1.807) is 40.7 Å². The first-order chi connectivity index (χ1) is 19.3. The number of rotatable bonds is 6. The topological polar surface area (TPSA) is 99.4 Å². The number of piperidine rings is 1. The summed E-state index contributed by atoms with van der Waals surface area (Å²) in [5.74, 6) is 0.310. The minimum atomic E-state index is -2.80. The number of carbonyl (C=O) groups is 1. The van der Waals surface area contributed by atoms with Crippen LogP contribution in [0.25, 0.3) is 22.0 Å². The summed E-state index contributed by atoms with van der Waals surface area (Å²) in [4.78, 5) is 39.6. The summed E-state index contributed by atoms with van der Waals surface area (Å²) in [7, 11) is 0. The van der Waals surface area contributed by atoms with Gasteiger partial charge in [-0.3, -0.25) is 9.36 Å². The van der Waals surface area contributed by atoms with E-state index < -0.39 is 12.2 Å². The molecule has 0 saturated carbocycles. The van der Waals surface area contributed by atoms with Gasteiger partial charge >= 0.3 is 6.09 Å². The van der Waals surface area contributed by atoms with Crippen LogP contribution in [0.4, 0.5) is 13.6 Å². The van der Waals surface area contributed by atoms with Crippen molar-refractivity contribution < 1.29 is 23.0 Å². The van der Waals surface area contributed by atoms with E-state index in [2.05, 4.69) is 15.0 Å². The Morgan fingerprint density at radius 1 is 1.15 bits per heavy atom. The maximum atomic E-state index is 13.7. The van der Waals surface area contributed by atoms with Crippen LogP contribution >= 0.6 is 11.6 Å². The molecule has 2 atom stereocenters. The van der Waals surface area contributed by atoms with Gasteiger partial charge in [-0.1, -0.05) is 23.7 Å². The third-order valence-electron chi connectivity index (χ3n) is 7.27. The lowest BCUT2D eigenvalue weighted by Gasteiger charge is -2.33. The van der Waals surface area contributed by atoms with Crippen LogP contribution in [0.5, 0.6) is 5.75 Å². The van der Waals surface area contributed by atoms with Crippen molar-refractivity contribution in [1.29, 1.82) is 0 Å². The number of cyclic esters (lactones) is 1. The smallest absolute Gasteiger partial charge is 0.410 e. The number of fused-ring (bicyclic) bond motifs is 2. The number of hydrogen-bond donors (Lipinski definition) is 0. The van der Waals surface area contributed by atoms with Crippen molar-refractivity contribution in [2.24, 2.45) is 0 Å². The summed E-state index contributed by atoms with van der Waals surface area (Å²) in [5.41, 5.74) is 2.04.